The van der Waals surface area contributed by atoms with Crippen LogP contribution in [0, 0.1) is 6.92 Å². The van der Waals surface area contributed by atoms with Crippen molar-refractivity contribution in [3.63, 3.8) is 0 Å². The number of hydrogen-bond acceptors (Lipinski definition) is 2. The fraction of sp³-hybridized carbons (Fsp3) is 0.167. The Kier molecular flexibility index (Phi) is 3.24. The molecule has 0 amide bonds. The zero-order valence-corrected chi connectivity index (χ0v) is 10.1. The second-order valence-corrected chi connectivity index (χ2v) is 4.34. The van der Waals surface area contributed by atoms with Crippen molar-refractivity contribution in [2.45, 2.75) is 13.0 Å². The number of aryl methyl sites for hydroxylation is 1. The van der Waals surface area contributed by atoms with Gasteiger partial charge in [-0.05, 0) is 36.8 Å². The molecule has 0 spiro atoms. The van der Waals surface area contributed by atoms with Crippen molar-refractivity contribution in [2.75, 3.05) is 0 Å². The molecule has 0 fully saturated rings. The normalized spacial score (nSPS) is 12.8. The fourth-order valence-corrected chi connectivity index (χ4v) is 1.75. The van der Waals surface area contributed by atoms with Crippen molar-refractivity contribution in [1.29, 1.82) is 0 Å². The van der Waals surface area contributed by atoms with Crippen LogP contribution in [-0.2, 0) is 0 Å². The molecule has 0 aliphatic carbocycles. The molecule has 1 heterocycles. The fourth-order valence-electron chi connectivity index (χ4n) is 1.45. The van der Waals surface area contributed by atoms with Gasteiger partial charge in [0, 0.05) is 0 Å². The molecule has 2 rings (SSSR count). The molecule has 2 nitrogen and oxygen atoms in total. The maximum absolute atomic E-state index is 10.0. The van der Waals surface area contributed by atoms with Crippen LogP contribution in [0.25, 0.3) is 0 Å². The topological polar surface area (TPSA) is 33.4 Å². The quantitative estimate of drug-likeness (QED) is 0.882. The van der Waals surface area contributed by atoms with E-state index < -0.39 is 6.10 Å². The molecule has 84 valence electrons. The van der Waals surface area contributed by atoms with Crippen LogP contribution >= 0.6 is 23.2 Å². The molecule has 4 heteroatoms. The maximum Gasteiger partial charge on any atom is 0.137 e. The van der Waals surface area contributed by atoms with Gasteiger partial charge in [0.05, 0.1) is 10.0 Å². The summed E-state index contributed by atoms with van der Waals surface area (Å²) in [6.07, 6.45) is -0.816. The van der Waals surface area contributed by atoms with Gasteiger partial charge in [0.25, 0.3) is 0 Å². The molecule has 1 N–H and O–H groups in total. The Morgan fingerprint density at radius 1 is 1.12 bits per heavy atom. The van der Waals surface area contributed by atoms with E-state index in [1.165, 1.54) is 0 Å². The van der Waals surface area contributed by atoms with Gasteiger partial charge < -0.3 is 9.52 Å². The van der Waals surface area contributed by atoms with E-state index in [9.17, 15) is 5.11 Å². The van der Waals surface area contributed by atoms with Gasteiger partial charge in [-0.1, -0.05) is 29.3 Å². The Morgan fingerprint density at radius 2 is 1.88 bits per heavy atom. The highest BCUT2D eigenvalue weighted by Crippen LogP contribution is 2.29. The minimum absolute atomic E-state index is 0.418. The van der Waals surface area contributed by atoms with Crippen molar-refractivity contribution in [2.24, 2.45) is 0 Å². The van der Waals surface area contributed by atoms with Crippen LogP contribution in [-0.4, -0.2) is 5.11 Å². The molecule has 0 saturated carbocycles. The van der Waals surface area contributed by atoms with Crippen LogP contribution < -0.4 is 0 Å². The Labute approximate surface area is 103 Å². The van der Waals surface area contributed by atoms with Gasteiger partial charge in [0.1, 0.15) is 17.6 Å². The Bertz CT molecular complexity index is 505. The van der Waals surface area contributed by atoms with Crippen LogP contribution in [0.3, 0.4) is 0 Å². The second-order valence-electron chi connectivity index (χ2n) is 3.52. The number of rotatable bonds is 2. The van der Waals surface area contributed by atoms with E-state index >= 15 is 0 Å². The Hall–Kier alpha value is -0.960. The zero-order chi connectivity index (χ0) is 11.7. The number of benzene rings is 1. The third-order valence-corrected chi connectivity index (χ3v) is 3.03. The lowest BCUT2D eigenvalue weighted by Gasteiger charge is -2.09. The molecule has 0 bridgehead atoms. The molecule has 2 aromatic rings. The van der Waals surface area contributed by atoms with E-state index in [4.69, 9.17) is 27.6 Å². The van der Waals surface area contributed by atoms with Gasteiger partial charge in [-0.15, -0.1) is 0 Å². The predicted molar refractivity (Wildman–Crippen MR) is 64.0 cm³/mol. The highest BCUT2D eigenvalue weighted by Gasteiger charge is 2.15. The highest BCUT2D eigenvalue weighted by molar-refractivity contribution is 6.42. The van der Waals surface area contributed by atoms with Crippen molar-refractivity contribution in [3.05, 3.63) is 57.5 Å². The summed E-state index contributed by atoms with van der Waals surface area (Å²) >= 11 is 11.7. The van der Waals surface area contributed by atoms with Crippen LogP contribution in [0.15, 0.2) is 34.7 Å². The van der Waals surface area contributed by atoms with E-state index in [1.807, 2.05) is 6.92 Å². The number of furan rings is 1. The molecule has 1 aromatic carbocycles. The number of aliphatic hydroxyl groups excluding tert-OH is 1. The summed E-state index contributed by atoms with van der Waals surface area (Å²) in [5, 5.41) is 10.9. The second kappa shape index (κ2) is 4.50. The smallest absolute Gasteiger partial charge is 0.137 e. The van der Waals surface area contributed by atoms with E-state index in [0.717, 1.165) is 5.76 Å². The minimum Gasteiger partial charge on any atom is -0.463 e. The molecule has 1 unspecified atom stereocenters. The molecular formula is C12H10Cl2O2. The zero-order valence-electron chi connectivity index (χ0n) is 8.58. The maximum atomic E-state index is 10.0. The van der Waals surface area contributed by atoms with E-state index in [-0.39, 0.29) is 0 Å². The Morgan fingerprint density at radius 3 is 2.44 bits per heavy atom. The van der Waals surface area contributed by atoms with Crippen LogP contribution in [0.2, 0.25) is 10.0 Å². The summed E-state index contributed by atoms with van der Waals surface area (Å²) in [4.78, 5) is 0. The van der Waals surface area contributed by atoms with E-state index in [0.29, 0.717) is 21.4 Å². The molecule has 1 aromatic heterocycles. The standard InChI is InChI=1S/C12H10Cl2O2/c1-7-2-5-11(16-7)12(15)8-3-4-9(13)10(14)6-8/h2-6,12,15H,1H3. The molecule has 16 heavy (non-hydrogen) atoms. The van der Waals surface area contributed by atoms with Crippen molar-refractivity contribution >= 4 is 23.2 Å². The lowest BCUT2D eigenvalue weighted by Crippen LogP contribution is -1.97. The van der Waals surface area contributed by atoms with Crippen molar-refractivity contribution in [3.8, 4) is 0 Å². The van der Waals surface area contributed by atoms with Gasteiger partial charge in [-0.2, -0.15) is 0 Å². The number of aliphatic hydroxyl groups is 1. The largest absolute Gasteiger partial charge is 0.463 e. The summed E-state index contributed by atoms with van der Waals surface area (Å²) in [5.74, 6) is 1.25. The first-order chi connectivity index (χ1) is 7.58. The van der Waals surface area contributed by atoms with Crippen LogP contribution in [0.4, 0.5) is 0 Å². The summed E-state index contributed by atoms with van der Waals surface area (Å²) in [6, 6.07) is 8.54. The molecule has 1 atom stereocenters. The summed E-state index contributed by atoms with van der Waals surface area (Å²) in [7, 11) is 0. The average molecular weight is 257 g/mol. The van der Waals surface area contributed by atoms with Crippen LogP contribution in [0.1, 0.15) is 23.2 Å². The first-order valence-corrected chi connectivity index (χ1v) is 5.53. The minimum atomic E-state index is -0.816. The van der Waals surface area contributed by atoms with Gasteiger partial charge in [-0.25, -0.2) is 0 Å². The third kappa shape index (κ3) is 2.24. The van der Waals surface area contributed by atoms with Crippen molar-refractivity contribution < 1.29 is 9.52 Å². The molecule has 0 saturated heterocycles. The molecule has 0 aliphatic rings. The number of hydrogen-bond donors (Lipinski definition) is 1. The highest BCUT2D eigenvalue weighted by atomic mass is 35.5. The lowest BCUT2D eigenvalue weighted by molar-refractivity contribution is 0.187. The monoisotopic (exact) mass is 256 g/mol. The number of halogens is 2. The summed E-state index contributed by atoms with van der Waals surface area (Å²) in [6.45, 7) is 1.82. The van der Waals surface area contributed by atoms with E-state index in [1.54, 1.807) is 30.3 Å². The third-order valence-electron chi connectivity index (χ3n) is 2.29. The van der Waals surface area contributed by atoms with Crippen molar-refractivity contribution in [1.82, 2.24) is 0 Å². The predicted octanol–water partition coefficient (Wildman–Crippen LogP) is 3.98. The SMILES string of the molecule is Cc1ccc(C(O)c2ccc(Cl)c(Cl)c2)o1. The first-order valence-electron chi connectivity index (χ1n) is 4.77. The summed E-state index contributed by atoms with van der Waals surface area (Å²) in [5.41, 5.74) is 0.656. The average Bonchev–Trinajstić information content (AvgIpc) is 2.68. The Balaban J connectivity index is 2.33. The first kappa shape index (κ1) is 11.5. The van der Waals surface area contributed by atoms with Gasteiger partial charge in [0.2, 0.25) is 0 Å². The molecular weight excluding hydrogens is 247 g/mol. The lowest BCUT2D eigenvalue weighted by atomic mass is 10.1. The van der Waals surface area contributed by atoms with Gasteiger partial charge >= 0.3 is 0 Å². The van der Waals surface area contributed by atoms with E-state index in [2.05, 4.69) is 0 Å². The molecule has 0 aliphatic heterocycles. The van der Waals surface area contributed by atoms with Gasteiger partial charge in [-0.3, -0.25) is 0 Å². The summed E-state index contributed by atoms with van der Waals surface area (Å²) < 4.78 is 5.34. The molecule has 0 radical (unpaired) electrons. The van der Waals surface area contributed by atoms with Gasteiger partial charge in [0.15, 0.2) is 0 Å². The van der Waals surface area contributed by atoms with Crippen LogP contribution in [0.5, 0.6) is 0 Å².